The van der Waals surface area contributed by atoms with Crippen molar-refractivity contribution in [1.29, 1.82) is 0 Å². The van der Waals surface area contributed by atoms with E-state index in [-0.39, 0.29) is 5.97 Å². The highest BCUT2D eigenvalue weighted by Gasteiger charge is 2.52. The van der Waals surface area contributed by atoms with Crippen molar-refractivity contribution in [3.63, 3.8) is 0 Å². The van der Waals surface area contributed by atoms with E-state index >= 15 is 0 Å². The largest absolute Gasteiger partial charge is 0.500 e. The van der Waals surface area contributed by atoms with Crippen molar-refractivity contribution >= 4 is 18.6 Å². The number of carbonyl (C=O) groups excluding carboxylic acids is 1. The predicted octanol–water partition coefficient (Wildman–Crippen LogP) is 1.31. The Bertz CT molecular complexity index is 485. The molecule has 0 spiro atoms. The van der Waals surface area contributed by atoms with Crippen molar-refractivity contribution < 1.29 is 18.8 Å². The summed E-state index contributed by atoms with van der Waals surface area (Å²) in [7, 11) is -0.590. The number of hydrogen-bond acceptors (Lipinski definition) is 5. The third-order valence-corrected chi connectivity index (χ3v) is 3.57. The molecule has 0 bridgehead atoms. The zero-order valence-corrected chi connectivity index (χ0v) is 11.9. The summed E-state index contributed by atoms with van der Waals surface area (Å²) in [5.74, 6) is 0.0324. The van der Waals surface area contributed by atoms with Crippen molar-refractivity contribution in [3.8, 4) is 5.75 Å². The minimum absolute atomic E-state index is 0.385. The predicted molar refractivity (Wildman–Crippen MR) is 71.3 cm³/mol. The van der Waals surface area contributed by atoms with E-state index in [9.17, 15) is 4.79 Å². The highest BCUT2D eigenvalue weighted by atomic mass is 16.7. The molecule has 0 radical (unpaired) electrons. The van der Waals surface area contributed by atoms with Crippen LogP contribution in [0.15, 0.2) is 18.5 Å². The number of aromatic nitrogens is 1. The van der Waals surface area contributed by atoms with Crippen LogP contribution in [0, 0.1) is 0 Å². The fraction of sp³-hybridized carbons (Fsp3) is 0.538. The summed E-state index contributed by atoms with van der Waals surface area (Å²) >= 11 is 0. The molecule has 6 heteroatoms. The summed E-state index contributed by atoms with van der Waals surface area (Å²) in [5, 5.41) is 0. The average molecular weight is 263 g/mol. The first-order valence-corrected chi connectivity index (χ1v) is 6.21. The van der Waals surface area contributed by atoms with Crippen LogP contribution in [0.4, 0.5) is 0 Å². The van der Waals surface area contributed by atoms with Gasteiger partial charge in [-0.3, -0.25) is 9.78 Å². The van der Waals surface area contributed by atoms with Gasteiger partial charge in [0.2, 0.25) is 0 Å². The summed E-state index contributed by atoms with van der Waals surface area (Å²) in [6.45, 7) is 9.22. The second-order valence-corrected chi connectivity index (χ2v) is 5.60. The van der Waals surface area contributed by atoms with Crippen LogP contribution in [-0.4, -0.2) is 29.3 Å². The number of hydrogen-bond donors (Lipinski definition) is 0. The summed E-state index contributed by atoms with van der Waals surface area (Å²) in [4.78, 5) is 15.2. The van der Waals surface area contributed by atoms with E-state index in [2.05, 4.69) is 4.98 Å². The van der Waals surface area contributed by atoms with Crippen LogP contribution >= 0.6 is 0 Å². The first-order valence-electron chi connectivity index (χ1n) is 6.21. The molecule has 5 nitrogen and oxygen atoms in total. The third-order valence-electron chi connectivity index (χ3n) is 3.57. The van der Waals surface area contributed by atoms with Gasteiger partial charge in [-0.1, -0.05) is 0 Å². The van der Waals surface area contributed by atoms with Crippen LogP contribution in [0.2, 0.25) is 0 Å². The molecule has 0 N–H and O–H groups in total. The Kier molecular flexibility index (Phi) is 3.41. The molecule has 0 atom stereocenters. The van der Waals surface area contributed by atoms with Crippen molar-refractivity contribution in [3.05, 3.63) is 18.5 Å². The Labute approximate surface area is 113 Å². The fourth-order valence-electron chi connectivity index (χ4n) is 1.79. The highest BCUT2D eigenvalue weighted by Crippen LogP contribution is 2.37. The standard InChI is InChI=1S/C13H18BNO4/c1-9(16)17-11-6-7-15-8-10(11)14-18-12(2,3)13(4,5)19-14/h6-8H,1-5H3. The number of rotatable bonds is 2. The van der Waals surface area contributed by atoms with E-state index in [1.165, 1.54) is 6.92 Å². The second-order valence-electron chi connectivity index (χ2n) is 5.60. The van der Waals surface area contributed by atoms with Gasteiger partial charge in [0.1, 0.15) is 5.75 Å². The molecule has 1 aliphatic heterocycles. The van der Waals surface area contributed by atoms with Gasteiger partial charge in [-0.15, -0.1) is 0 Å². The van der Waals surface area contributed by atoms with Gasteiger partial charge in [0, 0.05) is 24.8 Å². The first kappa shape index (κ1) is 14.0. The van der Waals surface area contributed by atoms with E-state index in [1.807, 2.05) is 27.7 Å². The van der Waals surface area contributed by atoms with E-state index in [0.717, 1.165) is 0 Å². The zero-order chi connectivity index (χ0) is 14.3. The molecule has 1 aromatic rings. The number of nitrogens with zero attached hydrogens (tertiary/aromatic N) is 1. The quantitative estimate of drug-likeness (QED) is 0.594. The molecular weight excluding hydrogens is 245 g/mol. The highest BCUT2D eigenvalue weighted by molar-refractivity contribution is 6.63. The SMILES string of the molecule is CC(=O)Oc1ccncc1B1OC(C)(C)C(C)(C)O1. The lowest BCUT2D eigenvalue weighted by Gasteiger charge is -2.32. The van der Waals surface area contributed by atoms with Gasteiger partial charge in [0.05, 0.1) is 11.2 Å². The monoisotopic (exact) mass is 263 g/mol. The minimum atomic E-state index is -0.590. The molecule has 0 amide bonds. The lowest BCUT2D eigenvalue weighted by atomic mass is 9.79. The van der Waals surface area contributed by atoms with Crippen LogP contribution < -0.4 is 10.2 Å². The van der Waals surface area contributed by atoms with Crippen molar-refractivity contribution in [2.24, 2.45) is 0 Å². The number of pyridine rings is 1. The molecule has 2 heterocycles. The molecule has 2 rings (SSSR count). The average Bonchev–Trinajstić information content (AvgIpc) is 2.48. The van der Waals surface area contributed by atoms with Crippen LogP contribution in [-0.2, 0) is 14.1 Å². The maximum atomic E-state index is 11.1. The van der Waals surface area contributed by atoms with Gasteiger partial charge in [0.25, 0.3) is 0 Å². The maximum Gasteiger partial charge on any atom is 0.500 e. The molecule has 0 unspecified atom stereocenters. The van der Waals surface area contributed by atoms with E-state index in [0.29, 0.717) is 11.2 Å². The molecule has 1 aromatic heterocycles. The Balaban J connectivity index is 2.32. The number of esters is 1. The Morgan fingerprint density at radius 3 is 2.37 bits per heavy atom. The van der Waals surface area contributed by atoms with E-state index in [1.54, 1.807) is 18.5 Å². The van der Waals surface area contributed by atoms with Crippen molar-refractivity contribution in [1.82, 2.24) is 4.98 Å². The molecule has 0 aromatic carbocycles. The summed E-state index contributed by atoms with van der Waals surface area (Å²) in [6, 6.07) is 1.63. The van der Waals surface area contributed by atoms with Crippen LogP contribution in [0.3, 0.4) is 0 Å². The van der Waals surface area contributed by atoms with Gasteiger partial charge < -0.3 is 14.0 Å². The lowest BCUT2D eigenvalue weighted by Crippen LogP contribution is -2.41. The Morgan fingerprint density at radius 2 is 1.84 bits per heavy atom. The molecule has 1 saturated heterocycles. The molecule has 0 saturated carbocycles. The topological polar surface area (TPSA) is 57.7 Å². The van der Waals surface area contributed by atoms with Gasteiger partial charge >= 0.3 is 13.1 Å². The van der Waals surface area contributed by atoms with Gasteiger partial charge in [-0.2, -0.15) is 0 Å². The van der Waals surface area contributed by atoms with Crippen LogP contribution in [0.1, 0.15) is 34.6 Å². The van der Waals surface area contributed by atoms with E-state index < -0.39 is 18.3 Å². The van der Waals surface area contributed by atoms with Gasteiger partial charge in [0.15, 0.2) is 0 Å². The second kappa shape index (κ2) is 4.61. The van der Waals surface area contributed by atoms with Crippen LogP contribution in [0.5, 0.6) is 5.75 Å². The number of ether oxygens (including phenoxy) is 1. The van der Waals surface area contributed by atoms with Gasteiger partial charge in [-0.25, -0.2) is 0 Å². The normalized spacial score (nSPS) is 20.4. The number of carbonyl (C=O) groups is 1. The third kappa shape index (κ3) is 2.64. The smallest absolute Gasteiger partial charge is 0.427 e. The van der Waals surface area contributed by atoms with Crippen molar-refractivity contribution in [2.45, 2.75) is 45.8 Å². The maximum absolute atomic E-state index is 11.1. The molecule has 1 fully saturated rings. The minimum Gasteiger partial charge on any atom is -0.427 e. The summed E-state index contributed by atoms with van der Waals surface area (Å²) < 4.78 is 17.0. The lowest BCUT2D eigenvalue weighted by molar-refractivity contribution is -0.131. The first-order chi connectivity index (χ1) is 8.73. The van der Waals surface area contributed by atoms with Crippen molar-refractivity contribution in [2.75, 3.05) is 0 Å². The Morgan fingerprint density at radius 1 is 1.26 bits per heavy atom. The van der Waals surface area contributed by atoms with Gasteiger partial charge in [-0.05, 0) is 33.8 Å². The zero-order valence-electron chi connectivity index (χ0n) is 11.9. The molecule has 19 heavy (non-hydrogen) atoms. The van der Waals surface area contributed by atoms with E-state index in [4.69, 9.17) is 14.0 Å². The molecule has 102 valence electrons. The molecule has 1 aliphatic rings. The van der Waals surface area contributed by atoms with Crippen LogP contribution in [0.25, 0.3) is 0 Å². The summed E-state index contributed by atoms with van der Waals surface area (Å²) in [5.41, 5.74) is -0.265. The molecule has 0 aliphatic carbocycles. The summed E-state index contributed by atoms with van der Waals surface area (Å²) in [6.07, 6.45) is 3.16. The molecular formula is C13H18BNO4. The fourth-order valence-corrected chi connectivity index (χ4v) is 1.79. The Hall–Kier alpha value is -1.40.